The highest BCUT2D eigenvalue weighted by Gasteiger charge is 2.35. The van der Waals surface area contributed by atoms with Crippen molar-refractivity contribution in [3.8, 4) is 0 Å². The minimum atomic E-state index is -4.03. The predicted molar refractivity (Wildman–Crippen MR) is 82.3 cm³/mol. The third-order valence-electron chi connectivity index (χ3n) is 3.16. The summed E-state index contributed by atoms with van der Waals surface area (Å²) in [4.78, 5) is -0.519. The van der Waals surface area contributed by atoms with E-state index in [1.807, 2.05) is 0 Å². The van der Waals surface area contributed by atoms with E-state index in [1.54, 1.807) is 13.8 Å². The average Bonchev–Trinajstić information content (AvgIpc) is 2.39. The molecule has 0 aromatic heterocycles. The van der Waals surface area contributed by atoms with Crippen molar-refractivity contribution in [1.82, 2.24) is 4.31 Å². The van der Waals surface area contributed by atoms with Crippen molar-refractivity contribution in [2.24, 2.45) is 0 Å². The van der Waals surface area contributed by atoms with Crippen molar-refractivity contribution in [2.45, 2.75) is 31.0 Å². The van der Waals surface area contributed by atoms with Gasteiger partial charge in [0.2, 0.25) is 10.0 Å². The highest BCUT2D eigenvalue weighted by molar-refractivity contribution is 9.10. The maximum absolute atomic E-state index is 14.2. The molecule has 0 spiro atoms. The molecular weight excluding hydrogens is 387 g/mol. The molecule has 21 heavy (non-hydrogen) atoms. The molecule has 1 heterocycles. The highest BCUT2D eigenvalue weighted by Crippen LogP contribution is 2.36. The van der Waals surface area contributed by atoms with Gasteiger partial charge in [0.1, 0.15) is 4.90 Å². The lowest BCUT2D eigenvalue weighted by molar-refractivity contribution is -0.0441. The number of hydrogen-bond donors (Lipinski definition) is 1. The summed E-state index contributed by atoms with van der Waals surface area (Å²) in [5.74, 6) is -1.00. The smallest absolute Gasteiger partial charge is 0.246 e. The van der Waals surface area contributed by atoms with Crippen LogP contribution < -0.4 is 5.73 Å². The topological polar surface area (TPSA) is 72.6 Å². The number of nitrogens with two attached hydrogens (primary N) is 1. The van der Waals surface area contributed by atoms with E-state index in [9.17, 15) is 12.8 Å². The number of anilines is 1. The van der Waals surface area contributed by atoms with Crippen molar-refractivity contribution in [1.29, 1.82) is 0 Å². The van der Waals surface area contributed by atoms with E-state index < -0.39 is 20.7 Å². The zero-order valence-electron chi connectivity index (χ0n) is 11.4. The van der Waals surface area contributed by atoms with Gasteiger partial charge in [0.25, 0.3) is 0 Å². The van der Waals surface area contributed by atoms with Crippen LogP contribution in [0.5, 0.6) is 0 Å². The van der Waals surface area contributed by atoms with Gasteiger partial charge in [-0.3, -0.25) is 0 Å². The molecule has 0 aliphatic carbocycles. The number of ether oxygens (including phenoxy) is 1. The van der Waals surface area contributed by atoms with Crippen LogP contribution in [0.25, 0.3) is 0 Å². The molecule has 0 radical (unpaired) electrons. The molecule has 1 aromatic rings. The Morgan fingerprint density at radius 2 is 1.95 bits per heavy atom. The van der Waals surface area contributed by atoms with Gasteiger partial charge in [-0.25, -0.2) is 12.8 Å². The van der Waals surface area contributed by atoms with Crippen LogP contribution in [0, 0.1) is 5.82 Å². The summed E-state index contributed by atoms with van der Waals surface area (Å²) in [6.45, 7) is 3.83. The third kappa shape index (κ3) is 3.19. The van der Waals surface area contributed by atoms with E-state index in [-0.39, 0.29) is 40.5 Å². The first-order valence-electron chi connectivity index (χ1n) is 6.23. The summed E-state index contributed by atoms with van der Waals surface area (Å²) < 4.78 is 46.3. The Kier molecular flexibility index (Phi) is 4.84. The highest BCUT2D eigenvalue weighted by atomic mass is 79.9. The molecular formula is C12H15BrClFN2O3S. The monoisotopic (exact) mass is 400 g/mol. The minimum Gasteiger partial charge on any atom is -0.395 e. The van der Waals surface area contributed by atoms with Gasteiger partial charge in [0.05, 0.1) is 27.4 Å². The normalized spacial score (nSPS) is 24.2. The van der Waals surface area contributed by atoms with Crippen LogP contribution in [0.1, 0.15) is 13.8 Å². The Morgan fingerprint density at radius 1 is 1.43 bits per heavy atom. The molecule has 1 aliphatic heterocycles. The van der Waals surface area contributed by atoms with Crippen molar-refractivity contribution in [3.05, 3.63) is 21.4 Å². The van der Waals surface area contributed by atoms with E-state index >= 15 is 0 Å². The second-order valence-corrected chi connectivity index (χ2v) is 8.08. The van der Waals surface area contributed by atoms with Crippen LogP contribution in [-0.2, 0) is 14.8 Å². The third-order valence-corrected chi connectivity index (χ3v) is 6.37. The molecule has 1 saturated heterocycles. The summed E-state index contributed by atoms with van der Waals surface area (Å²) in [7, 11) is -4.03. The fourth-order valence-corrected chi connectivity index (χ4v) is 4.51. The van der Waals surface area contributed by atoms with Crippen molar-refractivity contribution < 1.29 is 17.5 Å². The quantitative estimate of drug-likeness (QED) is 0.611. The molecule has 0 saturated carbocycles. The minimum absolute atomic E-state index is 0.0434. The zero-order valence-corrected chi connectivity index (χ0v) is 14.6. The first-order valence-corrected chi connectivity index (χ1v) is 8.84. The van der Waals surface area contributed by atoms with Crippen LogP contribution in [-0.4, -0.2) is 38.0 Å². The number of rotatable bonds is 2. The van der Waals surface area contributed by atoms with Crippen LogP contribution >= 0.6 is 27.5 Å². The lowest BCUT2D eigenvalue weighted by atomic mass is 10.3. The second-order valence-electron chi connectivity index (χ2n) is 4.98. The summed E-state index contributed by atoms with van der Waals surface area (Å²) in [5, 5.41) is 0.0434. The van der Waals surface area contributed by atoms with E-state index in [1.165, 1.54) is 4.31 Å². The van der Waals surface area contributed by atoms with Crippen LogP contribution in [0.15, 0.2) is 15.4 Å². The lowest BCUT2D eigenvalue weighted by Gasteiger charge is -2.34. The number of halogens is 3. The Bertz CT molecular complexity index is 661. The predicted octanol–water partition coefficient (Wildman–Crippen LogP) is 2.62. The van der Waals surface area contributed by atoms with Crippen molar-refractivity contribution in [2.75, 3.05) is 18.8 Å². The molecule has 118 valence electrons. The summed E-state index contributed by atoms with van der Waals surface area (Å²) in [5.41, 5.74) is 5.23. The van der Waals surface area contributed by atoms with Crippen LogP contribution in [0.3, 0.4) is 0 Å². The van der Waals surface area contributed by atoms with Gasteiger partial charge in [-0.15, -0.1) is 0 Å². The number of nitrogen functional groups attached to an aromatic ring is 1. The molecule has 0 bridgehead atoms. The molecule has 2 N–H and O–H groups in total. The lowest BCUT2D eigenvalue weighted by Crippen LogP contribution is -2.48. The maximum atomic E-state index is 14.2. The van der Waals surface area contributed by atoms with E-state index in [0.717, 1.165) is 6.07 Å². The van der Waals surface area contributed by atoms with Gasteiger partial charge >= 0.3 is 0 Å². The van der Waals surface area contributed by atoms with Gasteiger partial charge in [-0.05, 0) is 35.8 Å². The van der Waals surface area contributed by atoms with Gasteiger partial charge in [0.15, 0.2) is 5.82 Å². The number of sulfonamides is 1. The Balaban J connectivity index is 2.50. The molecule has 2 rings (SSSR count). The number of hydrogen-bond acceptors (Lipinski definition) is 4. The standard InChI is InChI=1S/C12H15BrClFN2O3S/c1-6-4-17(5-7(2)20-6)21(18,19)9-3-8(14)10(13)12(16)11(9)15/h3,6-7H,4-5,16H2,1-2H3/t6-,7+. The largest absolute Gasteiger partial charge is 0.395 e. The van der Waals surface area contributed by atoms with Gasteiger partial charge in [-0.2, -0.15) is 4.31 Å². The van der Waals surface area contributed by atoms with Crippen LogP contribution in [0.2, 0.25) is 5.02 Å². The SMILES string of the molecule is C[C@@H]1CN(S(=O)(=O)c2cc(Cl)c(Br)c(N)c2F)C[C@H](C)O1. The van der Waals surface area contributed by atoms with Crippen LogP contribution in [0.4, 0.5) is 10.1 Å². The molecule has 0 unspecified atom stereocenters. The summed E-state index contributed by atoms with van der Waals surface area (Å²) in [6, 6.07) is 1.07. The molecule has 2 atom stereocenters. The number of nitrogens with zero attached hydrogens (tertiary/aromatic N) is 1. The molecule has 1 aliphatic rings. The van der Waals surface area contributed by atoms with Gasteiger partial charge in [-0.1, -0.05) is 11.6 Å². The Hall–Kier alpha value is -0.410. The van der Waals surface area contributed by atoms with E-state index in [0.29, 0.717) is 0 Å². The summed E-state index contributed by atoms with van der Waals surface area (Å²) in [6.07, 6.45) is -0.537. The molecule has 1 aromatic carbocycles. The van der Waals surface area contributed by atoms with Crippen molar-refractivity contribution >= 4 is 43.2 Å². The van der Waals surface area contributed by atoms with Gasteiger partial charge in [0, 0.05) is 13.1 Å². The Morgan fingerprint density at radius 3 is 2.48 bits per heavy atom. The molecule has 5 nitrogen and oxygen atoms in total. The van der Waals surface area contributed by atoms with E-state index in [2.05, 4.69) is 15.9 Å². The van der Waals surface area contributed by atoms with E-state index in [4.69, 9.17) is 22.1 Å². The number of benzene rings is 1. The molecule has 1 fully saturated rings. The first kappa shape index (κ1) is 17.0. The van der Waals surface area contributed by atoms with Gasteiger partial charge < -0.3 is 10.5 Å². The Labute approximate surface area is 136 Å². The summed E-state index contributed by atoms with van der Waals surface area (Å²) >= 11 is 8.91. The molecule has 9 heteroatoms. The maximum Gasteiger partial charge on any atom is 0.246 e. The molecule has 0 amide bonds. The first-order chi connectivity index (χ1) is 9.64. The average molecular weight is 402 g/mol. The fraction of sp³-hybridized carbons (Fsp3) is 0.500. The fourth-order valence-electron chi connectivity index (χ4n) is 2.25. The zero-order chi connectivity index (χ0) is 15.9. The second kappa shape index (κ2) is 6.00. The van der Waals surface area contributed by atoms with Crippen molar-refractivity contribution in [3.63, 3.8) is 0 Å². The number of morpholine rings is 1.